The number of aromatic nitrogens is 4. The SMILES string of the molecule is CCc1ccc(C2C(=C(O)c3c(C)nc4ccccn34)C(=O)C(=O)N2c2nnc(SCc3ccccc3Cl)s2)cc1. The Balaban J connectivity index is 1.44. The summed E-state index contributed by atoms with van der Waals surface area (Å²) in [5.41, 5.74) is 4.24. The van der Waals surface area contributed by atoms with Crippen molar-refractivity contribution in [3.05, 3.63) is 112 Å². The molecule has 2 aromatic carbocycles. The summed E-state index contributed by atoms with van der Waals surface area (Å²) in [6, 6.07) is 19.8. The molecular formula is C30H24ClN5O3S2. The number of carbonyl (C=O) groups is 2. The van der Waals surface area contributed by atoms with Crippen LogP contribution in [0.4, 0.5) is 5.13 Å². The molecule has 0 bridgehead atoms. The van der Waals surface area contributed by atoms with Crippen LogP contribution in [0, 0.1) is 6.92 Å². The molecule has 0 radical (unpaired) electrons. The average molecular weight is 602 g/mol. The number of hydrogen-bond donors (Lipinski definition) is 1. The van der Waals surface area contributed by atoms with E-state index in [0.29, 0.717) is 37.7 Å². The predicted octanol–water partition coefficient (Wildman–Crippen LogP) is 6.63. The van der Waals surface area contributed by atoms with E-state index in [1.807, 2.05) is 66.7 Å². The van der Waals surface area contributed by atoms with Crippen molar-refractivity contribution in [2.24, 2.45) is 0 Å². The molecular weight excluding hydrogens is 578 g/mol. The standard InChI is InChI=1S/C30H24ClN5O3S2/c1-3-18-11-13-19(14-12-18)25-23(26(37)24-17(2)32-22-10-6-7-15-35(22)24)27(38)28(39)36(25)29-33-34-30(41-29)40-16-20-8-4-5-9-21(20)31/h4-15,25,37H,3,16H2,1-2H3. The summed E-state index contributed by atoms with van der Waals surface area (Å²) in [6.07, 6.45) is 2.60. The number of amides is 1. The van der Waals surface area contributed by atoms with Crippen LogP contribution in [-0.4, -0.2) is 36.4 Å². The van der Waals surface area contributed by atoms with E-state index in [9.17, 15) is 14.7 Å². The molecule has 1 amide bonds. The van der Waals surface area contributed by atoms with E-state index in [1.165, 1.54) is 28.0 Å². The van der Waals surface area contributed by atoms with E-state index in [2.05, 4.69) is 22.1 Å². The molecule has 1 unspecified atom stereocenters. The van der Waals surface area contributed by atoms with Crippen molar-refractivity contribution in [2.75, 3.05) is 4.90 Å². The van der Waals surface area contributed by atoms with Gasteiger partial charge < -0.3 is 5.11 Å². The Labute approximate surface area is 249 Å². The van der Waals surface area contributed by atoms with E-state index in [0.717, 1.165) is 17.5 Å². The molecule has 1 aliphatic heterocycles. The molecule has 1 atom stereocenters. The molecule has 0 saturated carbocycles. The van der Waals surface area contributed by atoms with E-state index >= 15 is 0 Å². The first-order valence-corrected chi connectivity index (χ1v) is 15.1. The van der Waals surface area contributed by atoms with Gasteiger partial charge in [-0.2, -0.15) is 0 Å². The molecule has 1 N–H and O–H groups in total. The number of nitrogens with zero attached hydrogens (tertiary/aromatic N) is 5. The quantitative estimate of drug-likeness (QED) is 0.0734. The molecule has 4 heterocycles. The fourth-order valence-electron chi connectivity index (χ4n) is 4.92. The highest BCUT2D eigenvalue weighted by Gasteiger charge is 2.48. The number of anilines is 1. The van der Waals surface area contributed by atoms with Crippen molar-refractivity contribution in [3.63, 3.8) is 0 Å². The van der Waals surface area contributed by atoms with Crippen LogP contribution in [0.5, 0.6) is 0 Å². The van der Waals surface area contributed by atoms with Gasteiger partial charge in [-0.15, -0.1) is 10.2 Å². The van der Waals surface area contributed by atoms with Gasteiger partial charge in [0.1, 0.15) is 11.3 Å². The molecule has 8 nitrogen and oxygen atoms in total. The Hall–Kier alpha value is -3.99. The van der Waals surface area contributed by atoms with Crippen LogP contribution in [0.2, 0.25) is 5.02 Å². The third kappa shape index (κ3) is 4.92. The second kappa shape index (κ2) is 11.1. The number of Topliss-reactive ketones (excluding diaryl/α,β-unsaturated/α-hetero) is 1. The molecule has 3 aromatic heterocycles. The van der Waals surface area contributed by atoms with Gasteiger partial charge in [0.05, 0.1) is 17.3 Å². The van der Waals surface area contributed by atoms with Crippen molar-refractivity contribution < 1.29 is 14.7 Å². The minimum atomic E-state index is -0.899. The van der Waals surface area contributed by atoms with Crippen molar-refractivity contribution in [1.82, 2.24) is 19.6 Å². The lowest BCUT2D eigenvalue weighted by atomic mass is 9.95. The Morgan fingerprint density at radius 2 is 1.80 bits per heavy atom. The number of pyridine rings is 1. The van der Waals surface area contributed by atoms with Crippen LogP contribution in [0.15, 0.2) is 82.8 Å². The van der Waals surface area contributed by atoms with Gasteiger partial charge >= 0.3 is 5.91 Å². The fourth-order valence-corrected chi connectivity index (χ4v) is 7.07. The Kier molecular flexibility index (Phi) is 7.37. The lowest BCUT2D eigenvalue weighted by molar-refractivity contribution is -0.132. The molecule has 6 rings (SSSR count). The molecule has 1 aliphatic rings. The zero-order valence-corrected chi connectivity index (χ0v) is 24.5. The predicted molar refractivity (Wildman–Crippen MR) is 161 cm³/mol. The first-order valence-electron chi connectivity index (χ1n) is 12.9. The summed E-state index contributed by atoms with van der Waals surface area (Å²) in [4.78, 5) is 33.1. The number of benzene rings is 2. The zero-order chi connectivity index (χ0) is 28.7. The van der Waals surface area contributed by atoms with Crippen LogP contribution in [0.3, 0.4) is 0 Å². The molecule has 5 aromatic rings. The normalized spacial score (nSPS) is 16.7. The van der Waals surface area contributed by atoms with Gasteiger partial charge in [-0.05, 0) is 48.2 Å². The maximum Gasteiger partial charge on any atom is 0.301 e. The van der Waals surface area contributed by atoms with Crippen molar-refractivity contribution >= 4 is 62.9 Å². The Morgan fingerprint density at radius 1 is 1.05 bits per heavy atom. The van der Waals surface area contributed by atoms with Crippen LogP contribution in [0.25, 0.3) is 11.4 Å². The molecule has 0 aliphatic carbocycles. The molecule has 11 heteroatoms. The van der Waals surface area contributed by atoms with E-state index in [4.69, 9.17) is 11.6 Å². The van der Waals surface area contributed by atoms with Crippen LogP contribution in [-0.2, 0) is 21.8 Å². The Bertz CT molecular complexity index is 1830. The Morgan fingerprint density at radius 3 is 2.56 bits per heavy atom. The van der Waals surface area contributed by atoms with Gasteiger partial charge in [0.2, 0.25) is 5.13 Å². The summed E-state index contributed by atoms with van der Waals surface area (Å²) in [6.45, 7) is 3.81. The van der Waals surface area contributed by atoms with E-state index in [-0.39, 0.29) is 16.5 Å². The third-order valence-corrected chi connectivity index (χ3v) is 9.46. The number of fused-ring (bicyclic) bond motifs is 1. The smallest absolute Gasteiger partial charge is 0.301 e. The van der Waals surface area contributed by atoms with Crippen molar-refractivity contribution in [3.8, 4) is 0 Å². The summed E-state index contributed by atoms with van der Waals surface area (Å²) >= 11 is 8.96. The largest absolute Gasteiger partial charge is 0.505 e. The summed E-state index contributed by atoms with van der Waals surface area (Å²) in [7, 11) is 0. The van der Waals surface area contributed by atoms with Crippen LogP contribution < -0.4 is 4.90 Å². The second-order valence-corrected chi connectivity index (χ2v) is 12.1. The van der Waals surface area contributed by atoms with Crippen LogP contribution in [0.1, 0.15) is 41.0 Å². The highest BCUT2D eigenvalue weighted by molar-refractivity contribution is 8.00. The number of hydrogen-bond acceptors (Lipinski definition) is 8. The summed E-state index contributed by atoms with van der Waals surface area (Å²) in [5, 5.41) is 21.2. The fraction of sp³-hybridized carbons (Fsp3) is 0.167. The van der Waals surface area contributed by atoms with Gasteiger partial charge in [-0.25, -0.2) is 4.98 Å². The lowest BCUT2D eigenvalue weighted by Crippen LogP contribution is -2.29. The molecule has 41 heavy (non-hydrogen) atoms. The minimum absolute atomic E-state index is 0.0199. The molecule has 0 spiro atoms. The van der Waals surface area contributed by atoms with E-state index < -0.39 is 17.7 Å². The van der Waals surface area contributed by atoms with Crippen molar-refractivity contribution in [2.45, 2.75) is 36.4 Å². The number of aliphatic hydroxyl groups is 1. The van der Waals surface area contributed by atoms with Gasteiger partial charge in [0, 0.05) is 17.0 Å². The van der Waals surface area contributed by atoms with Crippen molar-refractivity contribution in [1.29, 1.82) is 0 Å². The number of imidazole rings is 1. The third-order valence-electron chi connectivity index (χ3n) is 6.99. The molecule has 1 saturated heterocycles. The number of aliphatic hydroxyl groups excluding tert-OH is 1. The number of aryl methyl sites for hydroxylation is 2. The number of halogens is 1. The van der Waals surface area contributed by atoms with Gasteiger partial charge in [-0.1, -0.05) is 90.2 Å². The number of ketones is 1. The highest BCUT2D eigenvalue weighted by Crippen LogP contribution is 2.44. The van der Waals surface area contributed by atoms with E-state index in [1.54, 1.807) is 17.5 Å². The highest BCUT2D eigenvalue weighted by atomic mass is 35.5. The van der Waals surface area contributed by atoms with Gasteiger partial charge in [-0.3, -0.25) is 18.9 Å². The first kappa shape index (κ1) is 27.2. The van der Waals surface area contributed by atoms with Gasteiger partial charge in [0.25, 0.3) is 5.78 Å². The summed E-state index contributed by atoms with van der Waals surface area (Å²) in [5.74, 6) is -1.29. The second-order valence-electron chi connectivity index (χ2n) is 9.47. The van der Waals surface area contributed by atoms with Crippen LogP contribution >= 0.6 is 34.7 Å². The minimum Gasteiger partial charge on any atom is -0.505 e. The topological polar surface area (TPSA) is 101 Å². The van der Waals surface area contributed by atoms with Gasteiger partial charge in [0.15, 0.2) is 10.1 Å². The number of thioether (sulfide) groups is 1. The molecule has 206 valence electrons. The monoisotopic (exact) mass is 601 g/mol. The number of carbonyl (C=O) groups excluding carboxylic acids is 2. The number of rotatable bonds is 7. The maximum absolute atomic E-state index is 13.6. The first-order chi connectivity index (χ1) is 19.9. The lowest BCUT2D eigenvalue weighted by Gasteiger charge is -2.22. The maximum atomic E-state index is 13.6. The summed E-state index contributed by atoms with van der Waals surface area (Å²) < 4.78 is 2.34. The zero-order valence-electron chi connectivity index (χ0n) is 22.1. The molecule has 1 fully saturated rings. The average Bonchev–Trinajstić information content (AvgIpc) is 3.66.